The molecule has 2 aliphatic rings. The minimum absolute atomic E-state index is 0.136. The molecule has 0 radical (unpaired) electrons. The lowest BCUT2D eigenvalue weighted by atomic mass is 10.1. The number of carbonyl (C=O) groups is 1. The first-order valence-electron chi connectivity index (χ1n) is 8.22. The fourth-order valence-corrected chi connectivity index (χ4v) is 5.38. The quantitative estimate of drug-likeness (QED) is 0.888. The molecule has 2 aromatic rings. The van der Waals surface area contributed by atoms with Gasteiger partial charge >= 0.3 is 0 Å². The van der Waals surface area contributed by atoms with Crippen molar-refractivity contribution >= 4 is 38.1 Å². The first kappa shape index (κ1) is 16.5. The lowest BCUT2D eigenvalue weighted by Gasteiger charge is -2.21. The number of hydrogen-bond acceptors (Lipinski definition) is 5. The zero-order valence-corrected chi connectivity index (χ0v) is 15.7. The number of fused-ring (bicyclic) bond motifs is 1. The molecule has 4 rings (SSSR count). The van der Waals surface area contributed by atoms with E-state index >= 15 is 0 Å². The number of nitrogens with one attached hydrogen (secondary N) is 1. The average Bonchev–Trinajstić information content (AvgIpc) is 3.17. The minimum atomic E-state index is -3.32. The Morgan fingerprint density at radius 3 is 2.80 bits per heavy atom. The van der Waals surface area contributed by atoms with Crippen molar-refractivity contribution in [2.75, 3.05) is 15.9 Å². The Hall–Kier alpha value is -1.93. The Morgan fingerprint density at radius 1 is 1.36 bits per heavy atom. The van der Waals surface area contributed by atoms with Crippen LogP contribution in [0.25, 0.3) is 0 Å². The zero-order valence-electron chi connectivity index (χ0n) is 14.0. The summed E-state index contributed by atoms with van der Waals surface area (Å²) in [5, 5.41) is 5.45. The van der Waals surface area contributed by atoms with Crippen molar-refractivity contribution in [3.8, 4) is 0 Å². The maximum atomic E-state index is 12.5. The molecule has 25 heavy (non-hydrogen) atoms. The van der Waals surface area contributed by atoms with E-state index in [1.807, 2.05) is 12.3 Å². The summed E-state index contributed by atoms with van der Waals surface area (Å²) < 4.78 is 25.4. The van der Waals surface area contributed by atoms with Crippen LogP contribution in [0.15, 0.2) is 23.6 Å². The molecule has 1 aromatic heterocycles. The van der Waals surface area contributed by atoms with Crippen molar-refractivity contribution in [1.29, 1.82) is 0 Å². The summed E-state index contributed by atoms with van der Waals surface area (Å²) in [5.41, 5.74) is 3.12. The van der Waals surface area contributed by atoms with Crippen molar-refractivity contribution in [3.63, 3.8) is 0 Å². The molecule has 0 spiro atoms. The summed E-state index contributed by atoms with van der Waals surface area (Å²) in [5.74, 6) is 0.343. The predicted molar refractivity (Wildman–Crippen MR) is 99.0 cm³/mol. The van der Waals surface area contributed by atoms with Crippen LogP contribution in [0.5, 0.6) is 0 Å². The van der Waals surface area contributed by atoms with E-state index in [9.17, 15) is 13.2 Å². The van der Waals surface area contributed by atoms with Crippen LogP contribution < -0.4 is 9.62 Å². The van der Waals surface area contributed by atoms with Crippen LogP contribution in [0.2, 0.25) is 0 Å². The number of nitrogens with zero attached hydrogens (tertiary/aromatic N) is 2. The topological polar surface area (TPSA) is 79.4 Å². The molecule has 6 nitrogen and oxygen atoms in total. The van der Waals surface area contributed by atoms with E-state index in [0.29, 0.717) is 28.7 Å². The van der Waals surface area contributed by atoms with Gasteiger partial charge in [-0.15, -0.1) is 11.3 Å². The molecule has 1 amide bonds. The van der Waals surface area contributed by atoms with E-state index in [4.69, 9.17) is 0 Å². The second-order valence-electron chi connectivity index (χ2n) is 6.76. The van der Waals surface area contributed by atoms with E-state index < -0.39 is 10.0 Å². The second kappa shape index (κ2) is 5.81. The summed E-state index contributed by atoms with van der Waals surface area (Å²) >= 11 is 1.44. The van der Waals surface area contributed by atoms with Gasteiger partial charge in [0.15, 0.2) is 5.13 Å². The van der Waals surface area contributed by atoms with Crippen LogP contribution in [0.1, 0.15) is 47.3 Å². The molecule has 1 unspecified atom stereocenters. The van der Waals surface area contributed by atoms with E-state index in [-0.39, 0.29) is 11.9 Å². The first-order valence-corrected chi connectivity index (χ1v) is 10.9. The van der Waals surface area contributed by atoms with E-state index in [2.05, 4.69) is 10.3 Å². The molecule has 1 fully saturated rings. The predicted octanol–water partition coefficient (Wildman–Crippen LogP) is 2.98. The summed E-state index contributed by atoms with van der Waals surface area (Å²) in [6.07, 6.45) is 4.17. The number of anilines is 2. The van der Waals surface area contributed by atoms with Gasteiger partial charge in [0.1, 0.15) is 0 Å². The van der Waals surface area contributed by atoms with Crippen molar-refractivity contribution in [2.45, 2.75) is 38.1 Å². The highest BCUT2D eigenvalue weighted by molar-refractivity contribution is 7.92. The number of sulfonamides is 1. The lowest BCUT2D eigenvalue weighted by molar-refractivity contribution is 0.102. The second-order valence-corrected chi connectivity index (χ2v) is 9.48. The number of rotatable bonds is 4. The molecule has 1 saturated carbocycles. The summed E-state index contributed by atoms with van der Waals surface area (Å²) in [6, 6.07) is 5.02. The van der Waals surface area contributed by atoms with Crippen LogP contribution in [0.4, 0.5) is 10.8 Å². The summed E-state index contributed by atoms with van der Waals surface area (Å²) in [6.45, 7) is 1.87. The van der Waals surface area contributed by atoms with Gasteiger partial charge in [0.2, 0.25) is 10.0 Å². The van der Waals surface area contributed by atoms with Gasteiger partial charge in [0.05, 0.1) is 17.6 Å². The number of aromatic nitrogens is 1. The maximum absolute atomic E-state index is 12.5. The van der Waals surface area contributed by atoms with Crippen molar-refractivity contribution < 1.29 is 13.2 Å². The summed E-state index contributed by atoms with van der Waals surface area (Å²) in [4.78, 5) is 17.0. The molecule has 1 aromatic carbocycles. The molecule has 8 heteroatoms. The van der Waals surface area contributed by atoms with Crippen LogP contribution in [-0.4, -0.2) is 31.6 Å². The van der Waals surface area contributed by atoms with E-state index in [1.165, 1.54) is 34.7 Å². The number of hydrogen-bond donors (Lipinski definition) is 1. The third-order valence-electron chi connectivity index (χ3n) is 4.59. The van der Waals surface area contributed by atoms with Gasteiger partial charge < -0.3 is 0 Å². The monoisotopic (exact) mass is 377 g/mol. The fraction of sp³-hybridized carbons (Fsp3) is 0.412. The Bertz CT molecular complexity index is 948. The van der Waals surface area contributed by atoms with E-state index in [1.54, 1.807) is 18.2 Å². The van der Waals surface area contributed by atoms with Gasteiger partial charge in [-0.2, -0.15) is 0 Å². The van der Waals surface area contributed by atoms with Gasteiger partial charge in [0, 0.05) is 22.9 Å². The minimum Gasteiger partial charge on any atom is -0.298 e. The summed E-state index contributed by atoms with van der Waals surface area (Å²) in [7, 11) is -3.32. The molecular formula is C17H19N3O3S2. The highest BCUT2D eigenvalue weighted by Gasteiger charge is 2.33. The number of thiazole rings is 1. The van der Waals surface area contributed by atoms with Gasteiger partial charge in [-0.3, -0.25) is 14.4 Å². The molecule has 2 heterocycles. The molecule has 1 aliphatic carbocycles. The third-order valence-corrected chi connectivity index (χ3v) is 6.64. The van der Waals surface area contributed by atoms with Gasteiger partial charge in [-0.1, -0.05) is 0 Å². The van der Waals surface area contributed by atoms with Gasteiger partial charge in [0.25, 0.3) is 5.91 Å². The highest BCUT2D eigenvalue weighted by atomic mass is 32.2. The average molecular weight is 377 g/mol. The normalized spacial score (nSPS) is 19.8. The zero-order chi connectivity index (χ0) is 17.8. The van der Waals surface area contributed by atoms with Crippen LogP contribution in [0, 0.1) is 0 Å². The molecule has 132 valence electrons. The largest absolute Gasteiger partial charge is 0.298 e. The molecule has 1 aliphatic heterocycles. The lowest BCUT2D eigenvalue weighted by Crippen LogP contribution is -2.34. The molecule has 1 atom stereocenters. The Morgan fingerprint density at radius 2 is 2.12 bits per heavy atom. The number of carbonyl (C=O) groups excluding carboxylic acids is 1. The molecule has 0 saturated heterocycles. The van der Waals surface area contributed by atoms with Crippen molar-refractivity contribution in [1.82, 2.24) is 4.98 Å². The Balaban J connectivity index is 1.55. The first-order chi connectivity index (χ1) is 11.8. The number of benzene rings is 1. The maximum Gasteiger partial charge on any atom is 0.257 e. The fourth-order valence-electron chi connectivity index (χ4n) is 3.33. The van der Waals surface area contributed by atoms with Crippen LogP contribution >= 0.6 is 11.3 Å². The molecular weight excluding hydrogens is 358 g/mol. The molecule has 0 bridgehead atoms. The highest BCUT2D eigenvalue weighted by Crippen LogP contribution is 2.41. The smallest absolute Gasteiger partial charge is 0.257 e. The van der Waals surface area contributed by atoms with Crippen molar-refractivity contribution in [3.05, 3.63) is 40.4 Å². The van der Waals surface area contributed by atoms with Crippen LogP contribution in [-0.2, 0) is 16.4 Å². The Kier molecular flexibility index (Phi) is 3.84. The van der Waals surface area contributed by atoms with Gasteiger partial charge in [-0.25, -0.2) is 13.4 Å². The molecule has 1 N–H and O–H groups in total. The van der Waals surface area contributed by atoms with E-state index in [0.717, 1.165) is 11.3 Å². The number of amides is 1. The van der Waals surface area contributed by atoms with Crippen LogP contribution in [0.3, 0.4) is 0 Å². The van der Waals surface area contributed by atoms with Crippen molar-refractivity contribution in [2.24, 2.45) is 0 Å². The Labute approximate surface area is 150 Å². The SMILES string of the molecule is CC1Cc2cc(C(=O)Nc3nc(C4CC4)cs3)ccc2N1S(C)(=O)=O. The third kappa shape index (κ3) is 3.16. The van der Waals surface area contributed by atoms with Gasteiger partial charge in [-0.05, 0) is 49.9 Å². The standard InChI is InChI=1S/C17H19N3O3S2/c1-10-7-13-8-12(5-6-15(13)20(10)25(2,22)23)16(21)19-17-18-14(9-24-17)11-3-4-11/h5-6,8-11H,3-4,7H2,1-2H3,(H,18,19,21).